The van der Waals surface area contributed by atoms with Gasteiger partial charge >= 0.3 is 0 Å². The maximum Gasteiger partial charge on any atom is 0.208 e. The fraction of sp³-hybridized carbons (Fsp3) is 0.353. The summed E-state index contributed by atoms with van der Waals surface area (Å²) < 4.78 is 25.7. The first-order valence-electron chi connectivity index (χ1n) is 7.12. The molecule has 0 N–H and O–H groups in total. The minimum Gasteiger partial charge on any atom is -0.259 e. The predicted octanol–water partition coefficient (Wildman–Crippen LogP) is 3.31. The van der Waals surface area contributed by atoms with E-state index in [1.54, 1.807) is 12.1 Å². The van der Waals surface area contributed by atoms with Gasteiger partial charge < -0.3 is 0 Å². The summed E-state index contributed by atoms with van der Waals surface area (Å²) in [6.45, 7) is 6.25. The molecule has 0 radical (unpaired) electrons. The molecule has 1 aromatic heterocycles. The van der Waals surface area contributed by atoms with Crippen LogP contribution in [-0.4, -0.2) is 13.4 Å². The fourth-order valence-corrected chi connectivity index (χ4v) is 4.40. The van der Waals surface area contributed by atoms with Crippen LogP contribution in [0.15, 0.2) is 46.3 Å². The Labute approximate surface area is 126 Å². The zero-order valence-electron chi connectivity index (χ0n) is 12.6. The Balaban J connectivity index is 2.23. The maximum atomic E-state index is 12.8. The Kier molecular flexibility index (Phi) is 3.17. The highest BCUT2D eigenvalue weighted by Crippen LogP contribution is 2.33. The fourth-order valence-electron chi connectivity index (χ4n) is 2.69. The molecule has 21 heavy (non-hydrogen) atoms. The summed E-state index contributed by atoms with van der Waals surface area (Å²) in [6.07, 6.45) is 3.01. The van der Waals surface area contributed by atoms with Crippen LogP contribution in [0.5, 0.6) is 0 Å². The second-order valence-electron chi connectivity index (χ2n) is 6.54. The van der Waals surface area contributed by atoms with Crippen LogP contribution < -0.4 is 0 Å². The van der Waals surface area contributed by atoms with Crippen LogP contribution in [0.2, 0.25) is 0 Å². The average molecular weight is 301 g/mol. The molecule has 1 aromatic carbocycles. The zero-order chi connectivity index (χ0) is 15.3. The van der Waals surface area contributed by atoms with Crippen molar-refractivity contribution in [2.45, 2.75) is 48.8 Å². The van der Waals surface area contributed by atoms with Gasteiger partial charge in [0.25, 0.3) is 0 Å². The topological polar surface area (TPSA) is 47.0 Å². The number of sulfone groups is 1. The zero-order valence-corrected chi connectivity index (χ0v) is 13.4. The largest absolute Gasteiger partial charge is 0.259 e. The van der Waals surface area contributed by atoms with Gasteiger partial charge in [0.05, 0.1) is 9.79 Å². The van der Waals surface area contributed by atoms with Crippen LogP contribution in [0, 0.1) is 0 Å². The molecule has 2 aromatic rings. The number of pyridine rings is 1. The molecule has 0 saturated carbocycles. The summed E-state index contributed by atoms with van der Waals surface area (Å²) in [7, 11) is -3.46. The molecule has 3 nitrogen and oxygen atoms in total. The van der Waals surface area contributed by atoms with Crippen LogP contribution in [0.1, 0.15) is 37.6 Å². The molecule has 0 unspecified atom stereocenters. The monoisotopic (exact) mass is 301 g/mol. The van der Waals surface area contributed by atoms with Crippen molar-refractivity contribution in [1.82, 2.24) is 4.98 Å². The molecule has 3 rings (SSSR count). The van der Waals surface area contributed by atoms with E-state index in [1.165, 1.54) is 6.20 Å². The molecule has 4 heteroatoms. The van der Waals surface area contributed by atoms with Crippen molar-refractivity contribution in [2.75, 3.05) is 0 Å². The number of hydrogen-bond acceptors (Lipinski definition) is 3. The number of aromatic nitrogens is 1. The van der Waals surface area contributed by atoms with Gasteiger partial charge in [0.2, 0.25) is 9.84 Å². The second kappa shape index (κ2) is 4.67. The lowest BCUT2D eigenvalue weighted by Gasteiger charge is -2.19. The Morgan fingerprint density at radius 1 is 1.00 bits per heavy atom. The van der Waals surface area contributed by atoms with E-state index in [0.29, 0.717) is 9.79 Å². The van der Waals surface area contributed by atoms with Gasteiger partial charge in [-0.15, -0.1) is 0 Å². The summed E-state index contributed by atoms with van der Waals surface area (Å²) in [5, 5.41) is 0. The third kappa shape index (κ3) is 2.38. The first kappa shape index (κ1) is 14.3. The minimum absolute atomic E-state index is 0.0854. The molecule has 1 aliphatic heterocycles. The number of fused-ring (bicyclic) bond motifs is 2. The molecule has 0 aliphatic carbocycles. The Morgan fingerprint density at radius 3 is 2.38 bits per heavy atom. The van der Waals surface area contributed by atoms with Gasteiger partial charge in [-0.3, -0.25) is 4.98 Å². The molecule has 110 valence electrons. The Bertz CT molecular complexity index is 802. The van der Waals surface area contributed by atoms with Crippen molar-refractivity contribution in [2.24, 2.45) is 0 Å². The SMILES string of the molecule is CC(C)(C)c1cc2c(cn1)S(=O)(=O)c1ccccc1CC2. The number of aryl methyl sites for hydroxylation is 2. The van der Waals surface area contributed by atoms with Gasteiger partial charge in [0.15, 0.2) is 0 Å². The van der Waals surface area contributed by atoms with E-state index < -0.39 is 9.84 Å². The standard InChI is InChI=1S/C17H19NO2S/c1-17(2,3)16-10-13-9-8-12-6-4-5-7-14(12)21(19,20)15(13)11-18-16/h4-7,10-11H,8-9H2,1-3H3. The number of nitrogens with zero attached hydrogens (tertiary/aromatic N) is 1. The van der Waals surface area contributed by atoms with Gasteiger partial charge in [0.1, 0.15) is 0 Å². The normalized spacial score (nSPS) is 16.7. The van der Waals surface area contributed by atoms with Crippen molar-refractivity contribution in [3.63, 3.8) is 0 Å². The van der Waals surface area contributed by atoms with E-state index in [0.717, 1.165) is 29.7 Å². The summed E-state index contributed by atoms with van der Waals surface area (Å²) in [5.74, 6) is 0. The van der Waals surface area contributed by atoms with Crippen LogP contribution >= 0.6 is 0 Å². The number of benzene rings is 1. The molecule has 0 bridgehead atoms. The Morgan fingerprint density at radius 2 is 1.67 bits per heavy atom. The lowest BCUT2D eigenvalue weighted by atomic mass is 9.90. The molecule has 0 spiro atoms. The molecule has 0 saturated heterocycles. The van der Waals surface area contributed by atoms with E-state index in [1.807, 2.05) is 18.2 Å². The Hall–Kier alpha value is -1.68. The van der Waals surface area contributed by atoms with Crippen LogP contribution in [0.4, 0.5) is 0 Å². The quantitative estimate of drug-likeness (QED) is 0.750. The van der Waals surface area contributed by atoms with Gasteiger partial charge in [0, 0.05) is 17.3 Å². The van der Waals surface area contributed by atoms with Crippen LogP contribution in [0.3, 0.4) is 0 Å². The third-order valence-corrected chi connectivity index (χ3v) is 5.86. The first-order valence-corrected chi connectivity index (χ1v) is 8.61. The molecule has 0 atom stereocenters. The maximum absolute atomic E-state index is 12.8. The molecule has 0 fully saturated rings. The van der Waals surface area contributed by atoms with Crippen molar-refractivity contribution >= 4 is 9.84 Å². The highest BCUT2D eigenvalue weighted by atomic mass is 32.2. The van der Waals surface area contributed by atoms with E-state index in [4.69, 9.17) is 0 Å². The average Bonchev–Trinajstić information content (AvgIpc) is 2.54. The second-order valence-corrected chi connectivity index (χ2v) is 8.42. The van der Waals surface area contributed by atoms with Crippen molar-refractivity contribution in [3.05, 3.63) is 53.3 Å². The van der Waals surface area contributed by atoms with Gasteiger partial charge in [-0.05, 0) is 36.1 Å². The lowest BCUT2D eigenvalue weighted by Crippen LogP contribution is -2.15. The highest BCUT2D eigenvalue weighted by molar-refractivity contribution is 7.91. The van der Waals surface area contributed by atoms with E-state index >= 15 is 0 Å². The summed E-state index contributed by atoms with van der Waals surface area (Å²) in [5.41, 5.74) is 2.62. The van der Waals surface area contributed by atoms with Crippen LogP contribution in [-0.2, 0) is 28.1 Å². The van der Waals surface area contributed by atoms with E-state index in [-0.39, 0.29) is 5.41 Å². The smallest absolute Gasteiger partial charge is 0.208 e. The third-order valence-electron chi connectivity index (χ3n) is 3.93. The molecule has 1 aliphatic rings. The van der Waals surface area contributed by atoms with E-state index in [9.17, 15) is 8.42 Å². The summed E-state index contributed by atoms with van der Waals surface area (Å²) in [4.78, 5) is 5.18. The van der Waals surface area contributed by atoms with Gasteiger partial charge in [-0.2, -0.15) is 0 Å². The van der Waals surface area contributed by atoms with Crippen molar-refractivity contribution < 1.29 is 8.42 Å². The number of hydrogen-bond donors (Lipinski definition) is 0. The molecule has 0 amide bonds. The molecular formula is C17H19NO2S. The summed E-state index contributed by atoms with van der Waals surface area (Å²) in [6, 6.07) is 9.22. The number of rotatable bonds is 0. The van der Waals surface area contributed by atoms with Crippen molar-refractivity contribution in [3.8, 4) is 0 Å². The lowest BCUT2D eigenvalue weighted by molar-refractivity contribution is 0.563. The van der Waals surface area contributed by atoms with Crippen LogP contribution in [0.25, 0.3) is 0 Å². The van der Waals surface area contributed by atoms with Gasteiger partial charge in [-0.25, -0.2) is 8.42 Å². The highest BCUT2D eigenvalue weighted by Gasteiger charge is 2.28. The van der Waals surface area contributed by atoms with E-state index in [2.05, 4.69) is 25.8 Å². The predicted molar refractivity (Wildman–Crippen MR) is 82.2 cm³/mol. The summed E-state index contributed by atoms with van der Waals surface area (Å²) >= 11 is 0. The molecular weight excluding hydrogens is 282 g/mol. The van der Waals surface area contributed by atoms with Crippen molar-refractivity contribution in [1.29, 1.82) is 0 Å². The minimum atomic E-state index is -3.46. The van der Waals surface area contributed by atoms with Gasteiger partial charge in [-0.1, -0.05) is 39.0 Å². The molecule has 2 heterocycles. The first-order chi connectivity index (χ1) is 9.80.